The molecule has 90 valence electrons. The molecule has 0 radical (unpaired) electrons. The number of hydrogen-bond acceptors (Lipinski definition) is 4. The number of aryl methyl sites for hydroxylation is 1. The van der Waals surface area contributed by atoms with Crippen LogP contribution >= 0.6 is 11.6 Å². The Bertz CT molecular complexity index is 524. The number of anilines is 2. The molecular formula is C12H14ClN3O. The van der Waals surface area contributed by atoms with E-state index in [9.17, 15) is 0 Å². The summed E-state index contributed by atoms with van der Waals surface area (Å²) in [4.78, 5) is 6.13. The smallest absolute Gasteiger partial charge is 0.152 e. The first-order valence-electron chi connectivity index (χ1n) is 5.24. The van der Waals surface area contributed by atoms with Gasteiger partial charge >= 0.3 is 0 Å². The van der Waals surface area contributed by atoms with Crippen LogP contribution in [-0.2, 0) is 6.54 Å². The second kappa shape index (κ2) is 4.67. The van der Waals surface area contributed by atoms with Crippen LogP contribution in [0.3, 0.4) is 0 Å². The highest BCUT2D eigenvalue weighted by Crippen LogP contribution is 2.23. The van der Waals surface area contributed by atoms with Gasteiger partial charge in [-0.3, -0.25) is 0 Å². The molecular weight excluding hydrogens is 238 g/mol. The highest BCUT2D eigenvalue weighted by Gasteiger charge is 2.09. The summed E-state index contributed by atoms with van der Waals surface area (Å²) in [5.41, 5.74) is 6.42. The van der Waals surface area contributed by atoms with E-state index in [4.69, 9.17) is 21.8 Å². The fourth-order valence-corrected chi connectivity index (χ4v) is 1.81. The number of nitrogens with two attached hydrogens (primary N) is 1. The molecule has 0 aliphatic carbocycles. The van der Waals surface area contributed by atoms with Gasteiger partial charge in [0.2, 0.25) is 0 Å². The zero-order chi connectivity index (χ0) is 12.4. The van der Waals surface area contributed by atoms with E-state index >= 15 is 0 Å². The van der Waals surface area contributed by atoms with Gasteiger partial charge in [0.25, 0.3) is 0 Å². The van der Waals surface area contributed by atoms with Crippen LogP contribution in [0.25, 0.3) is 0 Å². The number of hydrogen-bond donors (Lipinski definition) is 1. The fourth-order valence-electron chi connectivity index (χ4n) is 1.65. The van der Waals surface area contributed by atoms with Crippen LogP contribution in [0.2, 0.25) is 5.02 Å². The molecule has 0 saturated heterocycles. The van der Waals surface area contributed by atoms with Crippen molar-refractivity contribution in [2.75, 3.05) is 17.7 Å². The van der Waals surface area contributed by atoms with Crippen LogP contribution in [0.1, 0.15) is 11.5 Å². The Hall–Kier alpha value is -1.68. The van der Waals surface area contributed by atoms with Gasteiger partial charge in [-0.25, -0.2) is 4.98 Å². The molecule has 0 amide bonds. The number of nitrogens with zero attached hydrogens (tertiary/aromatic N) is 2. The monoisotopic (exact) mass is 251 g/mol. The predicted octanol–water partition coefficient (Wildman–Crippen LogP) is 2.86. The van der Waals surface area contributed by atoms with Crippen LogP contribution in [0, 0.1) is 6.92 Å². The topological polar surface area (TPSA) is 55.3 Å². The lowest BCUT2D eigenvalue weighted by Crippen LogP contribution is -2.18. The molecule has 0 atom stereocenters. The maximum atomic E-state index is 5.86. The quantitative estimate of drug-likeness (QED) is 0.911. The molecule has 17 heavy (non-hydrogen) atoms. The van der Waals surface area contributed by atoms with Crippen molar-refractivity contribution in [3.63, 3.8) is 0 Å². The highest BCUT2D eigenvalue weighted by molar-refractivity contribution is 6.30. The fraction of sp³-hybridized carbons (Fsp3) is 0.250. The van der Waals surface area contributed by atoms with Crippen LogP contribution in [0.5, 0.6) is 0 Å². The Kier molecular flexibility index (Phi) is 3.24. The third-order valence-corrected chi connectivity index (χ3v) is 2.62. The summed E-state index contributed by atoms with van der Waals surface area (Å²) in [7, 11) is 1.91. The van der Waals surface area contributed by atoms with Crippen molar-refractivity contribution in [3.8, 4) is 0 Å². The van der Waals surface area contributed by atoms with E-state index in [-0.39, 0.29) is 0 Å². The minimum absolute atomic E-state index is 0.536. The Morgan fingerprint density at radius 3 is 2.82 bits per heavy atom. The van der Waals surface area contributed by atoms with E-state index in [1.165, 1.54) is 0 Å². The van der Waals surface area contributed by atoms with Gasteiger partial charge in [-0.1, -0.05) is 11.6 Å². The molecule has 5 heteroatoms. The van der Waals surface area contributed by atoms with Crippen molar-refractivity contribution >= 4 is 23.1 Å². The molecule has 4 nitrogen and oxygen atoms in total. The van der Waals surface area contributed by atoms with Gasteiger partial charge in [-0.15, -0.1) is 0 Å². The number of pyridine rings is 1. The lowest BCUT2D eigenvalue weighted by atomic mass is 10.3. The van der Waals surface area contributed by atoms with Crippen molar-refractivity contribution in [1.29, 1.82) is 0 Å². The average Bonchev–Trinajstić information content (AvgIpc) is 2.63. The number of nitrogen functional groups attached to an aromatic ring is 1. The first-order chi connectivity index (χ1) is 8.06. The zero-order valence-electron chi connectivity index (χ0n) is 9.77. The lowest BCUT2D eigenvalue weighted by molar-refractivity contribution is 0.481. The van der Waals surface area contributed by atoms with Crippen LogP contribution in [0.4, 0.5) is 11.5 Å². The van der Waals surface area contributed by atoms with Gasteiger partial charge in [0.05, 0.1) is 17.3 Å². The van der Waals surface area contributed by atoms with E-state index in [1.54, 1.807) is 12.3 Å². The average molecular weight is 252 g/mol. The number of halogens is 1. The molecule has 2 aromatic rings. The molecule has 0 bridgehead atoms. The summed E-state index contributed by atoms with van der Waals surface area (Å²) in [6, 6.07) is 5.56. The number of furan rings is 1. The maximum Gasteiger partial charge on any atom is 0.152 e. The van der Waals surface area contributed by atoms with Crippen molar-refractivity contribution in [2.45, 2.75) is 13.5 Å². The first kappa shape index (κ1) is 11.8. The second-order valence-electron chi connectivity index (χ2n) is 3.93. The Morgan fingerprint density at radius 2 is 2.24 bits per heavy atom. The summed E-state index contributed by atoms with van der Waals surface area (Å²) in [6.07, 6.45) is 1.58. The van der Waals surface area contributed by atoms with Crippen LogP contribution in [0.15, 0.2) is 28.8 Å². The minimum Gasteiger partial charge on any atom is -0.464 e. The minimum atomic E-state index is 0.536. The summed E-state index contributed by atoms with van der Waals surface area (Å²) in [5, 5.41) is 0.536. The molecule has 0 saturated carbocycles. The SMILES string of the molecule is Cc1ccc(CN(C)c2ncc(Cl)cc2N)o1. The van der Waals surface area contributed by atoms with Crippen molar-refractivity contribution in [2.24, 2.45) is 0 Å². The Balaban J connectivity index is 2.17. The summed E-state index contributed by atoms with van der Waals surface area (Å²) < 4.78 is 5.50. The first-order valence-corrected chi connectivity index (χ1v) is 5.61. The van der Waals surface area contributed by atoms with Crippen molar-refractivity contribution < 1.29 is 4.42 Å². The van der Waals surface area contributed by atoms with Gasteiger partial charge < -0.3 is 15.1 Å². The maximum absolute atomic E-state index is 5.86. The van der Waals surface area contributed by atoms with Gasteiger partial charge in [-0.2, -0.15) is 0 Å². The van der Waals surface area contributed by atoms with E-state index < -0.39 is 0 Å². The Morgan fingerprint density at radius 1 is 1.47 bits per heavy atom. The molecule has 0 aliphatic heterocycles. The summed E-state index contributed by atoms with van der Waals surface area (Å²) in [6.45, 7) is 2.53. The van der Waals surface area contributed by atoms with Gasteiger partial charge in [-0.05, 0) is 25.1 Å². The van der Waals surface area contributed by atoms with E-state index in [0.717, 1.165) is 11.5 Å². The largest absolute Gasteiger partial charge is 0.464 e. The third-order valence-electron chi connectivity index (χ3n) is 2.41. The van der Waals surface area contributed by atoms with Crippen molar-refractivity contribution in [1.82, 2.24) is 4.98 Å². The standard InChI is InChI=1S/C12H14ClN3O/c1-8-3-4-10(17-8)7-16(2)12-11(14)5-9(13)6-15-12/h3-6H,7,14H2,1-2H3. The van der Waals surface area contributed by atoms with Crippen LogP contribution in [-0.4, -0.2) is 12.0 Å². The summed E-state index contributed by atoms with van der Waals surface area (Å²) >= 11 is 5.81. The molecule has 0 fully saturated rings. The van der Waals surface area contributed by atoms with E-state index in [2.05, 4.69) is 4.98 Å². The molecule has 0 unspecified atom stereocenters. The molecule has 2 aromatic heterocycles. The molecule has 2 N–H and O–H groups in total. The van der Waals surface area contributed by atoms with E-state index in [0.29, 0.717) is 23.1 Å². The normalized spacial score (nSPS) is 10.5. The van der Waals surface area contributed by atoms with Gasteiger partial charge in [0.15, 0.2) is 5.82 Å². The lowest BCUT2D eigenvalue weighted by Gasteiger charge is -2.18. The predicted molar refractivity (Wildman–Crippen MR) is 69.2 cm³/mol. The highest BCUT2D eigenvalue weighted by atomic mass is 35.5. The molecule has 2 rings (SSSR count). The summed E-state index contributed by atoms with van der Waals surface area (Å²) in [5.74, 6) is 2.47. The molecule has 0 spiro atoms. The van der Waals surface area contributed by atoms with E-state index in [1.807, 2.05) is 31.0 Å². The molecule has 2 heterocycles. The Labute approximate surface area is 105 Å². The zero-order valence-corrected chi connectivity index (χ0v) is 10.5. The van der Waals surface area contributed by atoms with Crippen LogP contribution < -0.4 is 10.6 Å². The second-order valence-corrected chi connectivity index (χ2v) is 4.37. The molecule has 0 aliphatic rings. The number of rotatable bonds is 3. The van der Waals surface area contributed by atoms with Gasteiger partial charge in [0.1, 0.15) is 11.5 Å². The number of aromatic nitrogens is 1. The van der Waals surface area contributed by atoms with Gasteiger partial charge in [0, 0.05) is 13.2 Å². The third kappa shape index (κ3) is 2.71. The van der Waals surface area contributed by atoms with Crippen molar-refractivity contribution in [3.05, 3.63) is 40.9 Å². The molecule has 0 aromatic carbocycles.